The summed E-state index contributed by atoms with van der Waals surface area (Å²) >= 11 is 1.75. The van der Waals surface area contributed by atoms with Crippen molar-refractivity contribution in [2.24, 2.45) is 5.73 Å². The van der Waals surface area contributed by atoms with Gasteiger partial charge in [-0.2, -0.15) is 0 Å². The van der Waals surface area contributed by atoms with Gasteiger partial charge in [-0.05, 0) is 42.8 Å². The molecule has 0 spiro atoms. The number of nitrogens with two attached hydrogens (primary N) is 1. The molecular weight excluding hydrogens is 242 g/mol. The molecule has 18 heavy (non-hydrogen) atoms. The maximum absolute atomic E-state index is 5.64. The third-order valence-electron chi connectivity index (χ3n) is 2.66. The number of hydrogen-bond donors (Lipinski definition) is 1. The van der Waals surface area contributed by atoms with Crippen molar-refractivity contribution in [1.82, 2.24) is 0 Å². The third kappa shape index (κ3) is 3.28. The smallest absolute Gasteiger partial charge is 0.119 e. The average Bonchev–Trinajstić information content (AvgIpc) is 2.41. The molecule has 0 unspecified atom stereocenters. The summed E-state index contributed by atoms with van der Waals surface area (Å²) in [4.78, 5) is 2.44. The zero-order chi connectivity index (χ0) is 12.8. The Morgan fingerprint density at radius 3 is 2.72 bits per heavy atom. The summed E-state index contributed by atoms with van der Waals surface area (Å²) in [7, 11) is 1.69. The van der Waals surface area contributed by atoms with Gasteiger partial charge in [-0.1, -0.05) is 36.0 Å². The fourth-order valence-corrected chi connectivity index (χ4v) is 2.78. The van der Waals surface area contributed by atoms with Crippen LogP contribution in [0.4, 0.5) is 0 Å². The molecule has 0 heterocycles. The summed E-state index contributed by atoms with van der Waals surface area (Å²) in [6.45, 7) is 0.676. The summed E-state index contributed by atoms with van der Waals surface area (Å²) in [6, 6.07) is 16.5. The maximum Gasteiger partial charge on any atom is 0.119 e. The Kier molecular flexibility index (Phi) is 4.67. The molecule has 2 rings (SSSR count). The number of rotatable bonds is 5. The quantitative estimate of drug-likeness (QED) is 0.894. The van der Waals surface area contributed by atoms with Gasteiger partial charge in [-0.3, -0.25) is 0 Å². The second-order valence-electron chi connectivity index (χ2n) is 3.93. The van der Waals surface area contributed by atoms with Crippen molar-refractivity contribution in [2.75, 3.05) is 13.7 Å². The highest BCUT2D eigenvalue weighted by atomic mass is 32.2. The van der Waals surface area contributed by atoms with Crippen LogP contribution in [-0.2, 0) is 6.42 Å². The van der Waals surface area contributed by atoms with Crippen molar-refractivity contribution < 1.29 is 4.74 Å². The van der Waals surface area contributed by atoms with E-state index in [1.165, 1.54) is 15.4 Å². The van der Waals surface area contributed by atoms with Gasteiger partial charge in [0.15, 0.2) is 0 Å². The molecule has 0 aromatic heterocycles. The van der Waals surface area contributed by atoms with Crippen molar-refractivity contribution >= 4 is 11.8 Å². The Labute approximate surface area is 112 Å². The second kappa shape index (κ2) is 6.47. The first-order valence-electron chi connectivity index (χ1n) is 5.93. The van der Waals surface area contributed by atoms with Crippen molar-refractivity contribution in [2.45, 2.75) is 16.2 Å². The van der Waals surface area contributed by atoms with E-state index in [2.05, 4.69) is 30.3 Å². The molecule has 2 aromatic carbocycles. The highest BCUT2D eigenvalue weighted by Crippen LogP contribution is 2.32. The number of ether oxygens (including phenoxy) is 1. The SMILES string of the molecule is COc1cccc(Sc2ccccc2CCN)c1. The fraction of sp³-hybridized carbons (Fsp3) is 0.200. The molecule has 0 aliphatic rings. The normalized spacial score (nSPS) is 10.3. The summed E-state index contributed by atoms with van der Waals surface area (Å²) < 4.78 is 5.24. The summed E-state index contributed by atoms with van der Waals surface area (Å²) in [5.74, 6) is 0.885. The van der Waals surface area contributed by atoms with Gasteiger partial charge in [0, 0.05) is 9.79 Å². The molecule has 0 bridgehead atoms. The monoisotopic (exact) mass is 259 g/mol. The molecule has 0 aliphatic carbocycles. The van der Waals surface area contributed by atoms with Crippen LogP contribution >= 0.6 is 11.8 Å². The van der Waals surface area contributed by atoms with Crippen molar-refractivity contribution in [3.8, 4) is 5.75 Å². The molecule has 0 radical (unpaired) electrons. The highest BCUT2D eigenvalue weighted by molar-refractivity contribution is 7.99. The van der Waals surface area contributed by atoms with Crippen molar-refractivity contribution in [3.05, 3.63) is 54.1 Å². The van der Waals surface area contributed by atoms with E-state index in [1.54, 1.807) is 18.9 Å². The molecule has 2 N–H and O–H groups in total. The first-order chi connectivity index (χ1) is 8.83. The van der Waals surface area contributed by atoms with E-state index >= 15 is 0 Å². The Bertz CT molecular complexity index is 513. The first-order valence-corrected chi connectivity index (χ1v) is 6.75. The Morgan fingerprint density at radius 2 is 1.94 bits per heavy atom. The number of hydrogen-bond acceptors (Lipinski definition) is 3. The molecule has 0 saturated heterocycles. The molecule has 0 atom stereocenters. The molecule has 94 valence electrons. The van der Waals surface area contributed by atoms with E-state index in [0.29, 0.717) is 6.54 Å². The number of methoxy groups -OCH3 is 1. The molecule has 0 fully saturated rings. The van der Waals surface area contributed by atoms with Gasteiger partial charge < -0.3 is 10.5 Å². The van der Waals surface area contributed by atoms with Gasteiger partial charge in [0.25, 0.3) is 0 Å². The lowest BCUT2D eigenvalue weighted by Crippen LogP contribution is -2.03. The summed E-state index contributed by atoms with van der Waals surface area (Å²) in [5, 5.41) is 0. The van der Waals surface area contributed by atoms with E-state index in [-0.39, 0.29) is 0 Å². The van der Waals surface area contributed by atoms with E-state index < -0.39 is 0 Å². The molecular formula is C15H17NOS. The molecule has 0 amide bonds. The second-order valence-corrected chi connectivity index (χ2v) is 5.04. The lowest BCUT2D eigenvalue weighted by Gasteiger charge is -2.09. The van der Waals surface area contributed by atoms with Crippen molar-refractivity contribution in [3.63, 3.8) is 0 Å². The summed E-state index contributed by atoms with van der Waals surface area (Å²) in [6.07, 6.45) is 0.910. The lowest BCUT2D eigenvalue weighted by molar-refractivity contribution is 0.413. The molecule has 0 aliphatic heterocycles. The minimum atomic E-state index is 0.676. The molecule has 0 saturated carbocycles. The minimum Gasteiger partial charge on any atom is -0.497 e. The molecule has 3 heteroatoms. The van der Waals surface area contributed by atoms with Crippen LogP contribution in [0.5, 0.6) is 5.75 Å². The van der Waals surface area contributed by atoms with Gasteiger partial charge in [0.05, 0.1) is 7.11 Å². The van der Waals surface area contributed by atoms with Gasteiger partial charge in [-0.25, -0.2) is 0 Å². The van der Waals surface area contributed by atoms with Crippen molar-refractivity contribution in [1.29, 1.82) is 0 Å². The standard InChI is InChI=1S/C15H17NOS/c1-17-13-6-4-7-14(11-13)18-15-8-3-2-5-12(15)9-10-16/h2-8,11H,9-10,16H2,1H3. The Hall–Kier alpha value is -1.45. The van der Waals surface area contributed by atoms with Crippen LogP contribution in [0.3, 0.4) is 0 Å². The van der Waals surface area contributed by atoms with Gasteiger partial charge >= 0.3 is 0 Å². The van der Waals surface area contributed by atoms with Gasteiger partial charge in [-0.15, -0.1) is 0 Å². The van der Waals surface area contributed by atoms with Crippen LogP contribution < -0.4 is 10.5 Å². The van der Waals surface area contributed by atoms with Crippen LogP contribution in [0.25, 0.3) is 0 Å². The maximum atomic E-state index is 5.64. The van der Waals surface area contributed by atoms with Crippen LogP contribution in [0.15, 0.2) is 58.3 Å². The van der Waals surface area contributed by atoms with Crippen LogP contribution in [0, 0.1) is 0 Å². The zero-order valence-corrected chi connectivity index (χ0v) is 11.2. The Morgan fingerprint density at radius 1 is 1.11 bits per heavy atom. The summed E-state index contributed by atoms with van der Waals surface area (Å²) in [5.41, 5.74) is 6.94. The highest BCUT2D eigenvalue weighted by Gasteiger charge is 2.04. The van der Waals surface area contributed by atoms with E-state index in [4.69, 9.17) is 10.5 Å². The van der Waals surface area contributed by atoms with E-state index in [9.17, 15) is 0 Å². The zero-order valence-electron chi connectivity index (χ0n) is 10.4. The lowest BCUT2D eigenvalue weighted by atomic mass is 10.1. The predicted molar refractivity (Wildman–Crippen MR) is 76.3 cm³/mol. The number of benzene rings is 2. The van der Waals surface area contributed by atoms with Gasteiger partial charge in [0.1, 0.15) is 5.75 Å². The molecule has 2 aromatic rings. The first kappa shape index (κ1) is 13.0. The topological polar surface area (TPSA) is 35.2 Å². The fourth-order valence-electron chi connectivity index (χ4n) is 1.76. The molecule has 2 nitrogen and oxygen atoms in total. The predicted octanol–water partition coefficient (Wildman–Crippen LogP) is 3.35. The van der Waals surface area contributed by atoms with Crippen LogP contribution in [0.1, 0.15) is 5.56 Å². The largest absolute Gasteiger partial charge is 0.497 e. The Balaban J connectivity index is 2.22. The van der Waals surface area contributed by atoms with E-state index in [0.717, 1.165) is 12.2 Å². The third-order valence-corrected chi connectivity index (χ3v) is 3.76. The average molecular weight is 259 g/mol. The van der Waals surface area contributed by atoms with E-state index in [1.807, 2.05) is 18.2 Å². The van der Waals surface area contributed by atoms with Gasteiger partial charge in [0.2, 0.25) is 0 Å². The van der Waals surface area contributed by atoms with Crippen LogP contribution in [0.2, 0.25) is 0 Å². The van der Waals surface area contributed by atoms with Crippen LogP contribution in [-0.4, -0.2) is 13.7 Å². The minimum absolute atomic E-state index is 0.676.